The Bertz CT molecular complexity index is 604. The average Bonchev–Trinajstić information content (AvgIpc) is 2.45. The summed E-state index contributed by atoms with van der Waals surface area (Å²) in [7, 11) is 0. The fraction of sp³-hybridized carbons (Fsp3) is 0.444. The van der Waals surface area contributed by atoms with Gasteiger partial charge in [0.05, 0.1) is 11.7 Å². The molecule has 0 spiro atoms. The van der Waals surface area contributed by atoms with Crippen LogP contribution in [0.3, 0.4) is 0 Å². The lowest BCUT2D eigenvalue weighted by Crippen LogP contribution is -2.06. The average molecular weight is 335 g/mol. The van der Waals surface area contributed by atoms with E-state index in [2.05, 4.69) is 0 Å². The van der Waals surface area contributed by atoms with E-state index in [9.17, 15) is 19.8 Å². The maximum Gasteiger partial charge on any atom is 0.335 e. The maximum absolute atomic E-state index is 11.6. The van der Waals surface area contributed by atoms with E-state index < -0.39 is 17.8 Å². The van der Waals surface area contributed by atoms with Crippen molar-refractivity contribution in [2.75, 3.05) is 0 Å². The van der Waals surface area contributed by atoms with E-state index in [1.165, 1.54) is 12.1 Å². The molecule has 0 aliphatic carbocycles. The first-order chi connectivity index (χ1) is 11.3. The number of aromatic hydroxyl groups is 1. The zero-order valence-corrected chi connectivity index (χ0v) is 13.7. The highest BCUT2D eigenvalue weighted by Crippen LogP contribution is 2.26. The van der Waals surface area contributed by atoms with Gasteiger partial charge in [-0.2, -0.15) is 0 Å². The van der Waals surface area contributed by atoms with Crippen LogP contribution in [0.2, 0.25) is 0 Å². The fourth-order valence-corrected chi connectivity index (χ4v) is 2.33. The first-order valence-corrected chi connectivity index (χ1v) is 7.95. The molecular formula is C18H23O6-. The number of carbonyl (C=O) groups excluding carboxylic acids is 1. The van der Waals surface area contributed by atoms with Crippen LogP contribution >= 0.6 is 0 Å². The van der Waals surface area contributed by atoms with Gasteiger partial charge in [0.2, 0.25) is 0 Å². The monoisotopic (exact) mass is 335 g/mol. The molecule has 1 rings (SSSR count). The minimum Gasteiger partial charge on any atom is -0.872 e. The number of phenols is 1. The summed E-state index contributed by atoms with van der Waals surface area (Å²) >= 11 is 0. The third kappa shape index (κ3) is 6.83. The number of unbranched alkanes of at least 4 members (excludes halogenated alkanes) is 1. The molecule has 0 bridgehead atoms. The van der Waals surface area contributed by atoms with E-state index in [1.54, 1.807) is 13.0 Å². The summed E-state index contributed by atoms with van der Waals surface area (Å²) in [6.45, 7) is 1.69. The second-order valence-corrected chi connectivity index (χ2v) is 5.79. The van der Waals surface area contributed by atoms with Crippen LogP contribution in [0.5, 0.6) is 11.5 Å². The normalized spacial score (nSPS) is 12.4. The van der Waals surface area contributed by atoms with E-state index in [0.717, 1.165) is 6.07 Å². The van der Waals surface area contributed by atoms with Crippen molar-refractivity contribution in [2.45, 2.75) is 51.6 Å². The summed E-state index contributed by atoms with van der Waals surface area (Å²) < 4.78 is 0. The van der Waals surface area contributed by atoms with Crippen LogP contribution in [0.25, 0.3) is 6.08 Å². The number of benzene rings is 1. The zero-order valence-electron chi connectivity index (χ0n) is 13.7. The van der Waals surface area contributed by atoms with Crippen molar-refractivity contribution in [3.05, 3.63) is 29.3 Å². The fourth-order valence-electron chi connectivity index (χ4n) is 2.33. The number of carbonyl (C=O) groups is 2. The zero-order chi connectivity index (χ0) is 18.1. The minimum atomic E-state index is -1.34. The lowest BCUT2D eigenvalue weighted by Gasteiger charge is -2.13. The predicted molar refractivity (Wildman–Crippen MR) is 87.9 cm³/mol. The number of allylic oxidation sites excluding steroid dienone is 1. The Labute approximate surface area is 141 Å². The van der Waals surface area contributed by atoms with Gasteiger partial charge in [0.15, 0.2) is 0 Å². The largest absolute Gasteiger partial charge is 0.872 e. The van der Waals surface area contributed by atoms with Crippen LogP contribution in [-0.2, 0) is 4.79 Å². The van der Waals surface area contributed by atoms with E-state index in [0.29, 0.717) is 38.5 Å². The highest BCUT2D eigenvalue weighted by molar-refractivity contribution is 5.95. The van der Waals surface area contributed by atoms with Crippen molar-refractivity contribution in [3.8, 4) is 11.5 Å². The number of aliphatic hydroxyl groups excluding tert-OH is 1. The van der Waals surface area contributed by atoms with Gasteiger partial charge in [-0.15, -0.1) is 0 Å². The molecule has 132 valence electrons. The molecule has 1 aromatic rings. The molecule has 3 N–H and O–H groups in total. The van der Waals surface area contributed by atoms with Gasteiger partial charge < -0.3 is 20.4 Å². The second kappa shape index (κ2) is 9.72. The van der Waals surface area contributed by atoms with Crippen LogP contribution in [0.15, 0.2) is 18.2 Å². The van der Waals surface area contributed by atoms with Gasteiger partial charge in [-0.25, -0.2) is 4.79 Å². The highest BCUT2D eigenvalue weighted by atomic mass is 16.4. The van der Waals surface area contributed by atoms with E-state index in [1.807, 2.05) is 0 Å². The van der Waals surface area contributed by atoms with Crippen LogP contribution < -0.4 is 5.11 Å². The number of aliphatic hydroxyl groups is 1. The van der Waals surface area contributed by atoms with Crippen LogP contribution in [0.1, 0.15) is 61.4 Å². The molecular weight excluding hydrogens is 312 g/mol. The van der Waals surface area contributed by atoms with Crippen molar-refractivity contribution in [1.29, 1.82) is 0 Å². The summed E-state index contributed by atoms with van der Waals surface area (Å²) in [5, 5.41) is 39.2. The van der Waals surface area contributed by atoms with Crippen LogP contribution in [0.4, 0.5) is 0 Å². The molecule has 0 aromatic heterocycles. The van der Waals surface area contributed by atoms with Crippen molar-refractivity contribution in [3.63, 3.8) is 0 Å². The SMILES string of the molecule is C[C@H](O)CCCC(=O)CCC/C=C/c1cc(O)cc([O-])c1C(=O)O. The molecule has 24 heavy (non-hydrogen) atoms. The predicted octanol–water partition coefficient (Wildman–Crippen LogP) is 2.47. The molecule has 1 aromatic carbocycles. The molecule has 0 heterocycles. The van der Waals surface area contributed by atoms with Gasteiger partial charge in [0.25, 0.3) is 0 Å². The molecule has 0 unspecified atom stereocenters. The van der Waals surface area contributed by atoms with Crippen molar-refractivity contribution in [1.82, 2.24) is 0 Å². The number of hydrogen-bond acceptors (Lipinski definition) is 5. The summed E-state index contributed by atoms with van der Waals surface area (Å²) in [4.78, 5) is 22.7. The van der Waals surface area contributed by atoms with Gasteiger partial charge in [0.1, 0.15) is 11.5 Å². The van der Waals surface area contributed by atoms with Gasteiger partial charge in [-0.1, -0.05) is 17.9 Å². The Balaban J connectivity index is 2.48. The first kappa shape index (κ1) is 19.7. The maximum atomic E-state index is 11.6. The Morgan fingerprint density at radius 1 is 1.25 bits per heavy atom. The Morgan fingerprint density at radius 3 is 2.54 bits per heavy atom. The number of phenolic OH excluding ortho intramolecular Hbond substituents is 1. The van der Waals surface area contributed by atoms with Crippen molar-refractivity contribution < 1.29 is 30.0 Å². The Kier molecular flexibility index (Phi) is 7.98. The number of carboxylic acids is 1. The van der Waals surface area contributed by atoms with Gasteiger partial charge in [0, 0.05) is 12.8 Å². The molecule has 1 atom stereocenters. The molecule has 0 fully saturated rings. The number of hydrogen-bond donors (Lipinski definition) is 3. The molecule has 0 amide bonds. The summed E-state index contributed by atoms with van der Waals surface area (Å²) in [5.74, 6) is -2.23. The van der Waals surface area contributed by atoms with Crippen LogP contribution in [-0.4, -0.2) is 33.2 Å². The third-order valence-corrected chi connectivity index (χ3v) is 3.53. The minimum absolute atomic E-state index is 0.134. The van der Waals surface area contributed by atoms with Crippen LogP contribution in [0, 0.1) is 0 Å². The number of rotatable bonds is 10. The summed E-state index contributed by atoms with van der Waals surface area (Å²) in [5.41, 5.74) is -0.228. The first-order valence-electron chi connectivity index (χ1n) is 7.95. The van der Waals surface area contributed by atoms with Gasteiger partial charge >= 0.3 is 5.97 Å². The van der Waals surface area contributed by atoms with E-state index >= 15 is 0 Å². The number of Topliss-reactive ketones (excluding diaryl/α,β-unsaturated/α-hetero) is 1. The van der Waals surface area contributed by atoms with E-state index in [-0.39, 0.29) is 22.7 Å². The van der Waals surface area contributed by atoms with Gasteiger partial charge in [-0.05, 0) is 50.3 Å². The van der Waals surface area contributed by atoms with E-state index in [4.69, 9.17) is 10.2 Å². The lowest BCUT2D eigenvalue weighted by atomic mass is 10.0. The molecule has 0 saturated carbocycles. The van der Waals surface area contributed by atoms with Crippen molar-refractivity contribution in [2.24, 2.45) is 0 Å². The standard InChI is InChI=1S/C18H24O6/c1-12(19)6-5-9-14(20)8-4-2-3-7-13-10-15(21)11-16(22)17(13)18(23)24/h3,7,10-12,19,21-22H,2,4-6,8-9H2,1H3,(H,23,24)/p-1/b7-3+/t12-/m0/s1. The topological polar surface area (TPSA) is 118 Å². The number of aromatic carboxylic acids is 1. The highest BCUT2D eigenvalue weighted by Gasteiger charge is 2.10. The molecule has 0 saturated heterocycles. The van der Waals surface area contributed by atoms with Crippen molar-refractivity contribution >= 4 is 17.8 Å². The summed E-state index contributed by atoms with van der Waals surface area (Å²) in [6.07, 6.45) is 6.10. The molecule has 6 nitrogen and oxygen atoms in total. The second-order valence-electron chi connectivity index (χ2n) is 5.79. The Hall–Kier alpha value is -2.34. The molecule has 0 radical (unpaired) electrons. The third-order valence-electron chi connectivity index (χ3n) is 3.53. The quantitative estimate of drug-likeness (QED) is 0.565. The van der Waals surface area contributed by atoms with Gasteiger partial charge in [-0.3, -0.25) is 4.79 Å². The number of ketones is 1. The smallest absolute Gasteiger partial charge is 0.335 e. The Morgan fingerprint density at radius 2 is 1.92 bits per heavy atom. The lowest BCUT2D eigenvalue weighted by molar-refractivity contribution is -0.268. The molecule has 6 heteroatoms. The number of carboxylic acid groups (broad SMARTS) is 1. The molecule has 0 aliphatic rings. The molecule has 0 aliphatic heterocycles. The summed E-state index contributed by atoms with van der Waals surface area (Å²) in [6, 6.07) is 2.09.